The van der Waals surface area contributed by atoms with Crippen LogP contribution in [0.15, 0.2) is 24.5 Å². The number of nitrogens with zero attached hydrogens (tertiary/aromatic N) is 4. The van der Waals surface area contributed by atoms with E-state index in [4.69, 9.17) is 25.8 Å². The fourth-order valence-electron chi connectivity index (χ4n) is 4.74. The Morgan fingerprint density at radius 3 is 2.69 bits per heavy atom. The van der Waals surface area contributed by atoms with Crippen molar-refractivity contribution < 1.29 is 27.4 Å². The summed E-state index contributed by atoms with van der Waals surface area (Å²) in [7, 11) is -1.48. The first-order valence-corrected chi connectivity index (χ1v) is 13.8. The van der Waals surface area contributed by atoms with Crippen LogP contribution in [0.1, 0.15) is 19.3 Å². The van der Waals surface area contributed by atoms with Crippen molar-refractivity contribution in [3.63, 3.8) is 0 Å². The summed E-state index contributed by atoms with van der Waals surface area (Å²) in [6, 6.07) is 3.61. The fourth-order valence-corrected chi connectivity index (χ4v) is 6.47. The van der Waals surface area contributed by atoms with Gasteiger partial charge in [0.25, 0.3) is 0 Å². The zero-order valence-electron chi connectivity index (χ0n) is 19.4. The minimum Gasteiger partial charge on any atom is -0.488 e. The summed E-state index contributed by atoms with van der Waals surface area (Å²) in [6.45, 7) is 2.13. The van der Waals surface area contributed by atoms with E-state index >= 15 is 0 Å². The SMILES string of the molecule is COc1ncc(N2CCOc3cnc(O[C@H]4CCN(C(=O)C5CCS(=O)(=O)CC5)C4)cc32)cc1Cl. The average molecular weight is 523 g/mol. The molecule has 0 saturated carbocycles. The number of likely N-dealkylation sites (tertiary alicyclic amines) is 1. The number of carbonyl (C=O) groups excluding carboxylic acids is 1. The molecular formula is C23H27ClN4O6S. The molecule has 1 amide bonds. The monoisotopic (exact) mass is 522 g/mol. The van der Waals surface area contributed by atoms with Crippen LogP contribution in [0.25, 0.3) is 0 Å². The van der Waals surface area contributed by atoms with Gasteiger partial charge in [-0.05, 0) is 18.9 Å². The van der Waals surface area contributed by atoms with Crippen molar-refractivity contribution in [3.05, 3.63) is 29.5 Å². The van der Waals surface area contributed by atoms with Crippen LogP contribution in [0, 0.1) is 5.92 Å². The van der Waals surface area contributed by atoms with Gasteiger partial charge in [0.05, 0.1) is 55.5 Å². The molecule has 0 bridgehead atoms. The second-order valence-corrected chi connectivity index (χ2v) is 11.6. The molecule has 0 radical (unpaired) electrons. The number of pyridine rings is 2. The Hall–Kier alpha value is -2.79. The van der Waals surface area contributed by atoms with Crippen molar-refractivity contribution in [2.24, 2.45) is 5.92 Å². The smallest absolute Gasteiger partial charge is 0.232 e. The van der Waals surface area contributed by atoms with Gasteiger partial charge in [0.2, 0.25) is 17.7 Å². The molecule has 2 saturated heterocycles. The highest BCUT2D eigenvalue weighted by atomic mass is 35.5. The molecule has 2 aromatic heterocycles. The molecule has 188 valence electrons. The summed E-state index contributed by atoms with van der Waals surface area (Å²) in [6.07, 6.45) is 4.62. The topological polar surface area (TPSA) is 111 Å². The molecule has 10 nitrogen and oxygen atoms in total. The number of carbonyl (C=O) groups is 1. The number of aromatic nitrogens is 2. The molecule has 5 heterocycles. The Labute approximate surface area is 209 Å². The predicted molar refractivity (Wildman–Crippen MR) is 130 cm³/mol. The van der Waals surface area contributed by atoms with Gasteiger partial charge in [-0.1, -0.05) is 11.6 Å². The molecule has 0 spiro atoms. The van der Waals surface area contributed by atoms with Crippen LogP contribution >= 0.6 is 11.6 Å². The number of fused-ring (bicyclic) bond motifs is 1. The summed E-state index contributed by atoms with van der Waals surface area (Å²) in [5.41, 5.74) is 1.59. The maximum Gasteiger partial charge on any atom is 0.232 e. The van der Waals surface area contributed by atoms with Crippen molar-refractivity contribution in [1.82, 2.24) is 14.9 Å². The van der Waals surface area contributed by atoms with E-state index in [0.29, 0.717) is 68.0 Å². The van der Waals surface area contributed by atoms with Crippen LogP contribution in [0.3, 0.4) is 0 Å². The molecular weight excluding hydrogens is 496 g/mol. The van der Waals surface area contributed by atoms with Gasteiger partial charge in [-0.25, -0.2) is 18.4 Å². The van der Waals surface area contributed by atoms with E-state index < -0.39 is 9.84 Å². The van der Waals surface area contributed by atoms with Crippen molar-refractivity contribution in [2.45, 2.75) is 25.4 Å². The molecule has 3 aliphatic rings. The van der Waals surface area contributed by atoms with E-state index in [2.05, 4.69) is 9.97 Å². The highest BCUT2D eigenvalue weighted by Gasteiger charge is 2.35. The quantitative estimate of drug-likeness (QED) is 0.584. The lowest BCUT2D eigenvalue weighted by Crippen LogP contribution is -2.39. The number of amides is 1. The largest absolute Gasteiger partial charge is 0.488 e. The Balaban J connectivity index is 1.26. The predicted octanol–water partition coefficient (Wildman–Crippen LogP) is 2.47. The Kier molecular flexibility index (Phi) is 6.63. The Morgan fingerprint density at radius 2 is 1.94 bits per heavy atom. The van der Waals surface area contributed by atoms with E-state index in [-0.39, 0.29) is 29.4 Å². The van der Waals surface area contributed by atoms with E-state index in [1.54, 1.807) is 23.4 Å². The van der Waals surface area contributed by atoms with Crippen molar-refractivity contribution in [1.29, 1.82) is 0 Å². The van der Waals surface area contributed by atoms with Crippen LogP contribution < -0.4 is 19.1 Å². The van der Waals surface area contributed by atoms with Crippen LogP contribution in [0.2, 0.25) is 5.02 Å². The average Bonchev–Trinajstić information content (AvgIpc) is 3.31. The number of methoxy groups -OCH3 is 1. The Bertz CT molecular complexity index is 1210. The third-order valence-corrected chi connectivity index (χ3v) is 8.62. The fraction of sp³-hybridized carbons (Fsp3) is 0.522. The van der Waals surface area contributed by atoms with Crippen LogP contribution in [-0.4, -0.2) is 80.2 Å². The molecule has 0 aliphatic carbocycles. The standard InChI is InChI=1S/C23H27ClN4O6S/c1-32-22-18(24)10-16(12-26-22)28-6-7-33-20-13-25-21(11-19(20)28)34-17-2-5-27(14-17)23(29)15-3-8-35(30,31)9-4-15/h10-13,15,17H,2-9,14H2,1H3/t17-/m0/s1. The van der Waals surface area contributed by atoms with Crippen molar-refractivity contribution in [3.8, 4) is 17.5 Å². The maximum atomic E-state index is 12.9. The normalized spacial score (nSPS) is 21.8. The van der Waals surface area contributed by atoms with Crippen molar-refractivity contribution >= 4 is 38.7 Å². The molecule has 2 fully saturated rings. The zero-order chi connectivity index (χ0) is 24.6. The van der Waals surface area contributed by atoms with Crippen LogP contribution in [0.4, 0.5) is 11.4 Å². The number of rotatable bonds is 5. The van der Waals surface area contributed by atoms with E-state index in [0.717, 1.165) is 11.4 Å². The first-order valence-electron chi connectivity index (χ1n) is 11.6. The Morgan fingerprint density at radius 1 is 1.14 bits per heavy atom. The number of halogens is 1. The van der Waals surface area contributed by atoms with E-state index in [1.807, 2.05) is 11.0 Å². The number of ether oxygens (including phenoxy) is 3. The van der Waals surface area contributed by atoms with Gasteiger partial charge in [-0.2, -0.15) is 0 Å². The summed E-state index contributed by atoms with van der Waals surface area (Å²) in [5, 5.41) is 0.412. The third kappa shape index (κ3) is 5.11. The van der Waals surface area contributed by atoms with Crippen LogP contribution in [-0.2, 0) is 14.6 Å². The molecule has 0 aromatic carbocycles. The second kappa shape index (κ2) is 9.69. The third-order valence-electron chi connectivity index (χ3n) is 6.63. The lowest BCUT2D eigenvalue weighted by Gasteiger charge is -2.31. The van der Waals surface area contributed by atoms with E-state index in [1.165, 1.54) is 7.11 Å². The first kappa shape index (κ1) is 23.9. The minimum absolute atomic E-state index is 0.0212. The van der Waals surface area contributed by atoms with E-state index in [9.17, 15) is 13.2 Å². The molecule has 35 heavy (non-hydrogen) atoms. The number of sulfone groups is 1. The lowest BCUT2D eigenvalue weighted by atomic mass is 10.0. The summed E-state index contributed by atoms with van der Waals surface area (Å²) >= 11 is 6.29. The first-order chi connectivity index (χ1) is 16.8. The molecule has 0 N–H and O–H groups in total. The number of hydrogen-bond donors (Lipinski definition) is 0. The van der Waals surface area contributed by atoms with Crippen LogP contribution in [0.5, 0.6) is 17.5 Å². The minimum atomic E-state index is -3.00. The molecule has 12 heteroatoms. The summed E-state index contributed by atoms with van der Waals surface area (Å²) < 4.78 is 40.4. The second-order valence-electron chi connectivity index (χ2n) is 8.91. The molecule has 5 rings (SSSR count). The lowest BCUT2D eigenvalue weighted by molar-refractivity contribution is -0.135. The van der Waals surface area contributed by atoms with Gasteiger partial charge >= 0.3 is 0 Å². The van der Waals surface area contributed by atoms with Gasteiger partial charge in [0.15, 0.2) is 5.75 Å². The molecule has 2 aromatic rings. The summed E-state index contributed by atoms with van der Waals surface area (Å²) in [4.78, 5) is 25.4. The molecule has 3 aliphatic heterocycles. The van der Waals surface area contributed by atoms with Gasteiger partial charge < -0.3 is 24.0 Å². The molecule has 0 unspecified atom stereocenters. The zero-order valence-corrected chi connectivity index (χ0v) is 20.9. The number of hydrogen-bond acceptors (Lipinski definition) is 9. The van der Waals surface area contributed by atoms with Gasteiger partial charge in [0, 0.05) is 24.9 Å². The number of anilines is 2. The van der Waals surface area contributed by atoms with Crippen molar-refractivity contribution in [2.75, 3.05) is 49.8 Å². The van der Waals surface area contributed by atoms with Gasteiger partial charge in [-0.3, -0.25) is 4.79 Å². The summed E-state index contributed by atoms with van der Waals surface area (Å²) in [5.74, 6) is 1.40. The molecule has 1 atom stereocenters. The highest BCUT2D eigenvalue weighted by Crippen LogP contribution is 2.39. The highest BCUT2D eigenvalue weighted by molar-refractivity contribution is 7.91. The maximum absolute atomic E-state index is 12.9. The van der Waals surface area contributed by atoms with Gasteiger partial charge in [0.1, 0.15) is 27.6 Å². The van der Waals surface area contributed by atoms with Gasteiger partial charge in [-0.15, -0.1) is 0 Å².